The Balaban J connectivity index is 1.96. The molecule has 0 aliphatic rings. The largest absolute Gasteiger partial charge is 0.368 e. The van der Waals surface area contributed by atoms with E-state index < -0.39 is 35.3 Å². The lowest BCUT2D eigenvalue weighted by molar-refractivity contribution is -0.127. The fourth-order valence-electron chi connectivity index (χ4n) is 2.24. The molecule has 0 aromatic heterocycles. The number of hydrogen-bond donors (Lipinski definition) is 2. The van der Waals surface area contributed by atoms with E-state index in [9.17, 15) is 23.2 Å². The zero-order chi connectivity index (χ0) is 18.4. The van der Waals surface area contributed by atoms with Gasteiger partial charge in [-0.05, 0) is 23.8 Å². The third-order valence-electron chi connectivity index (χ3n) is 3.54. The molecule has 130 valence electrons. The van der Waals surface area contributed by atoms with Crippen molar-refractivity contribution in [2.75, 3.05) is 0 Å². The van der Waals surface area contributed by atoms with Gasteiger partial charge in [-0.1, -0.05) is 30.3 Å². The summed E-state index contributed by atoms with van der Waals surface area (Å²) >= 11 is 0. The molecule has 5 nitrogen and oxygen atoms in total. The molecule has 0 spiro atoms. The Labute approximate surface area is 142 Å². The van der Waals surface area contributed by atoms with Crippen LogP contribution in [-0.4, -0.2) is 17.6 Å². The Bertz CT molecular complexity index is 794. The van der Waals surface area contributed by atoms with Gasteiger partial charge in [-0.2, -0.15) is 0 Å². The highest BCUT2D eigenvalue weighted by molar-refractivity contribution is 5.98. The predicted molar refractivity (Wildman–Crippen MR) is 86.4 cm³/mol. The number of halogens is 2. The molecule has 1 atom stereocenters. The van der Waals surface area contributed by atoms with Gasteiger partial charge in [0.25, 0.3) is 0 Å². The summed E-state index contributed by atoms with van der Waals surface area (Å²) in [5.74, 6) is -3.98. The molecular weight excluding hydrogens is 330 g/mol. The second-order valence-corrected chi connectivity index (χ2v) is 5.37. The number of Topliss-reactive ketones (excluding diaryl/α,β-unsaturated/α-hetero) is 1. The standard InChI is InChI=1S/C18H16F2N2O3/c19-13-7-6-12(10-14(13)20)15(23)8-9-16(24)22-17(18(21)25)11-4-2-1-3-5-11/h1-7,10,17H,8-9H2,(H2,21,25)(H,22,24). The summed E-state index contributed by atoms with van der Waals surface area (Å²) in [5.41, 5.74) is 5.79. The van der Waals surface area contributed by atoms with Gasteiger partial charge in [-0.3, -0.25) is 14.4 Å². The van der Waals surface area contributed by atoms with Gasteiger partial charge < -0.3 is 11.1 Å². The first-order valence-electron chi connectivity index (χ1n) is 7.50. The molecule has 0 aliphatic carbocycles. The van der Waals surface area contributed by atoms with Gasteiger partial charge in [0.2, 0.25) is 11.8 Å². The summed E-state index contributed by atoms with van der Waals surface area (Å²) in [6, 6.07) is 10.2. The lowest BCUT2D eigenvalue weighted by Gasteiger charge is -2.15. The Morgan fingerprint density at radius 3 is 2.24 bits per heavy atom. The van der Waals surface area contributed by atoms with Crippen molar-refractivity contribution in [1.82, 2.24) is 5.32 Å². The molecule has 3 N–H and O–H groups in total. The summed E-state index contributed by atoms with van der Waals surface area (Å²) < 4.78 is 26.0. The van der Waals surface area contributed by atoms with Crippen LogP contribution in [0, 0.1) is 11.6 Å². The minimum atomic E-state index is -1.13. The second-order valence-electron chi connectivity index (χ2n) is 5.37. The second kappa shape index (κ2) is 8.14. The van der Waals surface area contributed by atoms with Gasteiger partial charge in [0, 0.05) is 18.4 Å². The van der Waals surface area contributed by atoms with Gasteiger partial charge >= 0.3 is 0 Å². The van der Waals surface area contributed by atoms with E-state index in [1.807, 2.05) is 0 Å². The SMILES string of the molecule is NC(=O)C(NC(=O)CCC(=O)c1ccc(F)c(F)c1)c1ccccc1. The van der Waals surface area contributed by atoms with Crippen molar-refractivity contribution in [3.05, 3.63) is 71.3 Å². The molecular formula is C18H16F2N2O3. The van der Waals surface area contributed by atoms with Crippen molar-refractivity contribution >= 4 is 17.6 Å². The number of benzene rings is 2. The van der Waals surface area contributed by atoms with Gasteiger partial charge in [0.1, 0.15) is 6.04 Å². The molecule has 2 amide bonds. The van der Waals surface area contributed by atoms with E-state index >= 15 is 0 Å². The minimum absolute atomic E-state index is 0.0267. The fraction of sp³-hybridized carbons (Fsp3) is 0.167. The van der Waals surface area contributed by atoms with Crippen molar-refractivity contribution in [3.63, 3.8) is 0 Å². The van der Waals surface area contributed by atoms with Crippen LogP contribution in [0.5, 0.6) is 0 Å². The van der Waals surface area contributed by atoms with Crippen LogP contribution in [0.4, 0.5) is 8.78 Å². The molecule has 2 aromatic rings. The molecule has 0 radical (unpaired) electrons. The Hall–Kier alpha value is -3.09. The summed E-state index contributed by atoms with van der Waals surface area (Å²) in [5, 5.41) is 2.46. The highest BCUT2D eigenvalue weighted by Crippen LogP contribution is 2.14. The van der Waals surface area contributed by atoms with Crippen LogP contribution in [0.3, 0.4) is 0 Å². The third-order valence-corrected chi connectivity index (χ3v) is 3.54. The summed E-state index contributed by atoms with van der Waals surface area (Å²) in [6.45, 7) is 0. The molecule has 7 heteroatoms. The van der Waals surface area contributed by atoms with Crippen LogP contribution in [0.1, 0.15) is 34.8 Å². The van der Waals surface area contributed by atoms with Crippen molar-refractivity contribution in [2.24, 2.45) is 5.73 Å². The normalized spacial score (nSPS) is 11.6. The number of primary amides is 1. The number of rotatable bonds is 7. The smallest absolute Gasteiger partial charge is 0.244 e. The number of carbonyl (C=O) groups is 3. The minimum Gasteiger partial charge on any atom is -0.368 e. The number of nitrogens with one attached hydrogen (secondary N) is 1. The van der Waals surface area contributed by atoms with Crippen LogP contribution in [0.15, 0.2) is 48.5 Å². The third kappa shape index (κ3) is 4.94. The fourth-order valence-corrected chi connectivity index (χ4v) is 2.24. The summed E-state index contributed by atoms with van der Waals surface area (Å²) in [4.78, 5) is 35.5. The molecule has 0 bridgehead atoms. The highest BCUT2D eigenvalue weighted by Gasteiger charge is 2.20. The molecule has 0 saturated heterocycles. The van der Waals surface area contributed by atoms with E-state index in [-0.39, 0.29) is 18.4 Å². The zero-order valence-electron chi connectivity index (χ0n) is 13.2. The maximum atomic E-state index is 13.1. The maximum absolute atomic E-state index is 13.1. The summed E-state index contributed by atoms with van der Waals surface area (Å²) in [7, 11) is 0. The van der Waals surface area contributed by atoms with Crippen LogP contribution < -0.4 is 11.1 Å². The molecule has 0 saturated carbocycles. The number of hydrogen-bond acceptors (Lipinski definition) is 3. The molecule has 1 unspecified atom stereocenters. The molecule has 0 fully saturated rings. The van der Waals surface area contributed by atoms with Crippen molar-refractivity contribution in [1.29, 1.82) is 0 Å². The Kier molecular flexibility index (Phi) is 5.94. The molecule has 0 heterocycles. The first-order chi connectivity index (χ1) is 11.9. The number of amides is 2. The maximum Gasteiger partial charge on any atom is 0.244 e. The first kappa shape index (κ1) is 18.3. The van der Waals surface area contributed by atoms with E-state index in [1.165, 1.54) is 0 Å². The van der Waals surface area contributed by atoms with Gasteiger partial charge in [0.15, 0.2) is 17.4 Å². The van der Waals surface area contributed by atoms with Crippen molar-refractivity contribution in [2.45, 2.75) is 18.9 Å². The van der Waals surface area contributed by atoms with E-state index in [0.29, 0.717) is 5.56 Å². The predicted octanol–water partition coefficient (Wildman–Crippen LogP) is 2.27. The molecule has 2 rings (SSSR count). The monoisotopic (exact) mass is 346 g/mol. The van der Waals surface area contributed by atoms with Crippen LogP contribution in [0.2, 0.25) is 0 Å². The van der Waals surface area contributed by atoms with Crippen molar-refractivity contribution in [3.8, 4) is 0 Å². The zero-order valence-corrected chi connectivity index (χ0v) is 13.2. The van der Waals surface area contributed by atoms with Crippen molar-refractivity contribution < 1.29 is 23.2 Å². The number of ketones is 1. The molecule has 2 aromatic carbocycles. The quantitative estimate of drug-likeness (QED) is 0.754. The van der Waals surface area contributed by atoms with E-state index in [2.05, 4.69) is 5.32 Å². The van der Waals surface area contributed by atoms with E-state index in [1.54, 1.807) is 30.3 Å². The van der Waals surface area contributed by atoms with Gasteiger partial charge in [-0.25, -0.2) is 8.78 Å². The average Bonchev–Trinajstić information content (AvgIpc) is 2.60. The number of nitrogens with two attached hydrogens (primary N) is 1. The first-order valence-corrected chi connectivity index (χ1v) is 7.50. The Morgan fingerprint density at radius 2 is 1.64 bits per heavy atom. The summed E-state index contributed by atoms with van der Waals surface area (Å²) in [6.07, 6.45) is -0.425. The van der Waals surface area contributed by atoms with Gasteiger partial charge in [0.05, 0.1) is 0 Å². The van der Waals surface area contributed by atoms with Crippen LogP contribution in [-0.2, 0) is 9.59 Å². The van der Waals surface area contributed by atoms with Crippen LogP contribution >= 0.6 is 0 Å². The molecule has 0 aliphatic heterocycles. The lowest BCUT2D eigenvalue weighted by atomic mass is 10.0. The van der Waals surface area contributed by atoms with Crippen LogP contribution in [0.25, 0.3) is 0 Å². The van der Waals surface area contributed by atoms with E-state index in [0.717, 1.165) is 18.2 Å². The number of carbonyl (C=O) groups excluding carboxylic acids is 3. The topological polar surface area (TPSA) is 89.3 Å². The van der Waals surface area contributed by atoms with Gasteiger partial charge in [-0.15, -0.1) is 0 Å². The highest BCUT2D eigenvalue weighted by atomic mass is 19.2. The molecule has 25 heavy (non-hydrogen) atoms. The Morgan fingerprint density at radius 1 is 0.960 bits per heavy atom. The van der Waals surface area contributed by atoms with E-state index in [4.69, 9.17) is 5.73 Å². The average molecular weight is 346 g/mol. The lowest BCUT2D eigenvalue weighted by Crippen LogP contribution is -2.37.